The molecule has 0 radical (unpaired) electrons. The van der Waals surface area contributed by atoms with E-state index in [1.54, 1.807) is 6.20 Å². The second-order valence-electron chi connectivity index (χ2n) is 3.85. The molecule has 0 aliphatic heterocycles. The van der Waals surface area contributed by atoms with E-state index in [9.17, 15) is 4.21 Å². The van der Waals surface area contributed by atoms with Gasteiger partial charge in [0.05, 0.1) is 21.1 Å². The van der Waals surface area contributed by atoms with Crippen molar-refractivity contribution in [3.63, 3.8) is 0 Å². The molecule has 0 saturated carbocycles. The zero-order valence-electron chi connectivity index (χ0n) is 8.77. The molecular weight excluding hydrogens is 278 g/mol. The largest absolute Gasteiger partial charge is 0.244 e. The van der Waals surface area contributed by atoms with Crippen molar-refractivity contribution >= 4 is 33.1 Å². The molecule has 0 saturated heterocycles. The molecule has 1 atom stereocenters. The van der Waals surface area contributed by atoms with Crippen molar-refractivity contribution in [3.05, 3.63) is 22.7 Å². The van der Waals surface area contributed by atoms with Crippen LogP contribution in [0.15, 0.2) is 21.4 Å². The number of rotatable bonds is 2. The third-order valence-corrected chi connectivity index (χ3v) is 3.45. The Balaban J connectivity index is 2.84. The summed E-state index contributed by atoms with van der Waals surface area (Å²) in [5.41, 5.74) is 0.627. The van der Waals surface area contributed by atoms with Crippen LogP contribution in [0.2, 0.25) is 0 Å². The second-order valence-corrected chi connectivity index (χ2v) is 6.64. The number of halogens is 1. The summed E-state index contributed by atoms with van der Waals surface area (Å²) in [6.07, 6.45) is 4.54. The van der Waals surface area contributed by atoms with Crippen LogP contribution in [0.3, 0.4) is 0 Å². The van der Waals surface area contributed by atoms with E-state index in [4.69, 9.17) is 0 Å². The summed E-state index contributed by atoms with van der Waals surface area (Å²) >= 11 is 3.28. The number of hydrogen-bond donors (Lipinski definition) is 0. The van der Waals surface area contributed by atoms with E-state index in [0.29, 0.717) is 5.69 Å². The summed E-state index contributed by atoms with van der Waals surface area (Å²) in [6, 6.07) is 0. The summed E-state index contributed by atoms with van der Waals surface area (Å²) in [7, 11) is -1.26. The van der Waals surface area contributed by atoms with Crippen molar-refractivity contribution in [3.8, 4) is 0 Å². The first kappa shape index (κ1) is 12.4. The summed E-state index contributed by atoms with van der Waals surface area (Å²) in [4.78, 5) is 7.82. The molecule has 1 aromatic heterocycles. The molecule has 1 aromatic rings. The molecule has 0 amide bonds. The molecule has 0 bridgehead atoms. The van der Waals surface area contributed by atoms with E-state index in [-0.39, 0.29) is 4.75 Å². The highest BCUT2D eigenvalue weighted by molar-refractivity contribution is 9.10. The Morgan fingerprint density at radius 1 is 1.53 bits per heavy atom. The van der Waals surface area contributed by atoms with Crippen LogP contribution in [-0.4, -0.2) is 25.1 Å². The zero-order chi connectivity index (χ0) is 11.5. The van der Waals surface area contributed by atoms with Crippen molar-refractivity contribution in [2.45, 2.75) is 25.5 Å². The number of nitrogens with zero attached hydrogens (tertiary/aromatic N) is 3. The zero-order valence-corrected chi connectivity index (χ0v) is 11.2. The van der Waals surface area contributed by atoms with E-state index >= 15 is 0 Å². The quantitative estimate of drug-likeness (QED) is 0.784. The molecule has 6 heteroatoms. The molecule has 0 unspecified atom stereocenters. The predicted molar refractivity (Wildman–Crippen MR) is 65.2 cm³/mol. The van der Waals surface area contributed by atoms with Gasteiger partial charge in [-0.1, -0.05) is 0 Å². The topological polar surface area (TPSA) is 55.2 Å². The standard InChI is InChI=1S/C9H12BrN3OS/c1-9(2,3)15(14)13-5-8-7(10)4-11-6-12-8/h4-6H,1-3H3/t15-/m1/s1. The summed E-state index contributed by atoms with van der Waals surface area (Å²) in [5, 5.41) is 0. The van der Waals surface area contributed by atoms with Gasteiger partial charge in [0.15, 0.2) is 0 Å². The third kappa shape index (κ3) is 3.79. The fourth-order valence-corrected chi connectivity index (χ4v) is 1.51. The first-order chi connectivity index (χ1) is 6.91. The Morgan fingerprint density at radius 3 is 2.73 bits per heavy atom. The minimum absolute atomic E-state index is 0.351. The average molecular weight is 290 g/mol. The van der Waals surface area contributed by atoms with E-state index in [2.05, 4.69) is 30.3 Å². The lowest BCUT2D eigenvalue weighted by Gasteiger charge is -2.12. The van der Waals surface area contributed by atoms with Crippen LogP contribution in [0, 0.1) is 0 Å². The fourth-order valence-electron chi connectivity index (χ4n) is 0.673. The monoisotopic (exact) mass is 289 g/mol. The lowest BCUT2D eigenvalue weighted by atomic mass is 10.3. The molecule has 0 spiro atoms. The Labute approximate surface area is 100.0 Å². The van der Waals surface area contributed by atoms with Crippen LogP contribution in [0.25, 0.3) is 0 Å². The van der Waals surface area contributed by atoms with Gasteiger partial charge >= 0.3 is 0 Å². The summed E-state index contributed by atoms with van der Waals surface area (Å²) in [6.45, 7) is 5.61. The van der Waals surface area contributed by atoms with Gasteiger partial charge in [-0.3, -0.25) is 0 Å². The van der Waals surface area contributed by atoms with Crippen molar-refractivity contribution < 1.29 is 4.21 Å². The molecule has 0 aliphatic carbocycles. The average Bonchev–Trinajstić information content (AvgIpc) is 2.14. The van der Waals surface area contributed by atoms with Crippen molar-refractivity contribution in [2.24, 2.45) is 4.40 Å². The van der Waals surface area contributed by atoms with Gasteiger partial charge in [-0.05, 0) is 36.7 Å². The lowest BCUT2D eigenvalue weighted by Crippen LogP contribution is -2.19. The molecule has 1 heterocycles. The molecular formula is C9H12BrN3OS. The predicted octanol–water partition coefficient (Wildman–Crippen LogP) is 2.12. The van der Waals surface area contributed by atoms with E-state index in [1.807, 2.05) is 20.8 Å². The first-order valence-electron chi connectivity index (χ1n) is 4.33. The smallest absolute Gasteiger partial charge is 0.144 e. The maximum atomic E-state index is 11.6. The van der Waals surface area contributed by atoms with Gasteiger partial charge in [0.2, 0.25) is 0 Å². The molecule has 0 fully saturated rings. The van der Waals surface area contributed by atoms with Crippen LogP contribution < -0.4 is 0 Å². The van der Waals surface area contributed by atoms with Gasteiger partial charge in [0, 0.05) is 6.20 Å². The van der Waals surface area contributed by atoms with Crippen molar-refractivity contribution in [1.29, 1.82) is 0 Å². The van der Waals surface area contributed by atoms with Crippen molar-refractivity contribution in [2.75, 3.05) is 0 Å². The Hall–Kier alpha value is -0.620. The number of hydrogen-bond acceptors (Lipinski definition) is 3. The summed E-state index contributed by atoms with van der Waals surface area (Å²) in [5.74, 6) is 0. The minimum atomic E-state index is -1.26. The number of aromatic nitrogens is 2. The van der Waals surface area contributed by atoms with Crippen LogP contribution in [-0.2, 0) is 11.0 Å². The van der Waals surface area contributed by atoms with Crippen LogP contribution in [0.4, 0.5) is 0 Å². The fraction of sp³-hybridized carbons (Fsp3) is 0.444. The molecule has 0 N–H and O–H groups in total. The highest BCUT2D eigenvalue weighted by Gasteiger charge is 2.18. The molecule has 1 rings (SSSR count). The molecule has 0 aromatic carbocycles. The maximum Gasteiger partial charge on any atom is 0.144 e. The maximum absolute atomic E-state index is 11.6. The first-order valence-corrected chi connectivity index (χ1v) is 6.23. The normalized spacial score (nSPS) is 14.4. The van der Waals surface area contributed by atoms with Crippen LogP contribution >= 0.6 is 15.9 Å². The molecule has 0 aliphatic rings. The van der Waals surface area contributed by atoms with Crippen LogP contribution in [0.1, 0.15) is 26.5 Å². The Bertz CT molecular complexity index is 401. The SMILES string of the molecule is CC(C)(C)[S@@](=O)N=Cc1ncncc1Br. The summed E-state index contributed by atoms with van der Waals surface area (Å²) < 4.78 is 15.9. The molecule has 82 valence electrons. The second kappa shape index (κ2) is 4.94. The van der Waals surface area contributed by atoms with Gasteiger partial charge in [-0.15, -0.1) is 0 Å². The van der Waals surface area contributed by atoms with E-state index < -0.39 is 11.0 Å². The molecule has 15 heavy (non-hydrogen) atoms. The van der Waals surface area contributed by atoms with Gasteiger partial charge in [-0.2, -0.15) is 4.40 Å². The van der Waals surface area contributed by atoms with E-state index in [1.165, 1.54) is 12.5 Å². The van der Waals surface area contributed by atoms with Crippen molar-refractivity contribution in [1.82, 2.24) is 9.97 Å². The Kier molecular flexibility index (Phi) is 4.10. The minimum Gasteiger partial charge on any atom is -0.244 e. The van der Waals surface area contributed by atoms with Gasteiger partial charge in [0.25, 0.3) is 0 Å². The van der Waals surface area contributed by atoms with Crippen LogP contribution in [0.5, 0.6) is 0 Å². The van der Waals surface area contributed by atoms with Gasteiger partial charge < -0.3 is 0 Å². The molecule has 4 nitrogen and oxygen atoms in total. The lowest BCUT2D eigenvalue weighted by molar-refractivity contribution is 0.651. The third-order valence-electron chi connectivity index (χ3n) is 1.49. The van der Waals surface area contributed by atoms with E-state index in [0.717, 1.165) is 4.47 Å². The van der Waals surface area contributed by atoms with Gasteiger partial charge in [0.1, 0.15) is 17.3 Å². The highest BCUT2D eigenvalue weighted by atomic mass is 79.9. The highest BCUT2D eigenvalue weighted by Crippen LogP contribution is 2.13. The van der Waals surface area contributed by atoms with Gasteiger partial charge in [-0.25, -0.2) is 14.2 Å². The Morgan fingerprint density at radius 2 is 2.20 bits per heavy atom.